The van der Waals surface area contributed by atoms with Crippen LogP contribution in [0.2, 0.25) is 0 Å². The average Bonchev–Trinajstić information content (AvgIpc) is 2.38. The third-order valence-corrected chi connectivity index (χ3v) is 3.32. The summed E-state index contributed by atoms with van der Waals surface area (Å²) < 4.78 is 37.8. The summed E-state index contributed by atoms with van der Waals surface area (Å²) in [5.74, 6) is 0. The van der Waals surface area contributed by atoms with Crippen LogP contribution in [0.1, 0.15) is 24.0 Å². The Bertz CT molecular complexity index is 497. The Balaban J connectivity index is 2.29. The van der Waals surface area contributed by atoms with Gasteiger partial charge in [0.05, 0.1) is 16.8 Å². The fourth-order valence-corrected chi connectivity index (χ4v) is 2.22. The molecule has 2 rings (SSSR count). The molecule has 0 bridgehead atoms. The predicted octanol–water partition coefficient (Wildman–Crippen LogP) is 2.50. The first-order valence-corrected chi connectivity index (χ1v) is 6.03. The highest BCUT2D eigenvalue weighted by Crippen LogP contribution is 2.33. The number of rotatable bonds is 1. The molecule has 0 amide bonds. The van der Waals surface area contributed by atoms with Crippen LogP contribution in [0.15, 0.2) is 18.2 Å². The van der Waals surface area contributed by atoms with Crippen molar-refractivity contribution in [2.24, 2.45) is 5.73 Å². The molecule has 0 unspecified atom stereocenters. The molecule has 0 radical (unpaired) electrons. The van der Waals surface area contributed by atoms with Crippen molar-refractivity contribution in [2.45, 2.75) is 25.1 Å². The van der Waals surface area contributed by atoms with E-state index < -0.39 is 11.7 Å². The summed E-state index contributed by atoms with van der Waals surface area (Å²) >= 11 is 0. The Labute approximate surface area is 109 Å². The first-order valence-electron chi connectivity index (χ1n) is 6.03. The molecule has 1 saturated heterocycles. The third-order valence-electron chi connectivity index (χ3n) is 3.32. The summed E-state index contributed by atoms with van der Waals surface area (Å²) in [5, 5.41) is 9.02. The number of anilines is 1. The van der Waals surface area contributed by atoms with Gasteiger partial charge in [0, 0.05) is 19.1 Å². The Kier molecular flexibility index (Phi) is 3.67. The largest absolute Gasteiger partial charge is 0.416 e. The lowest BCUT2D eigenvalue weighted by molar-refractivity contribution is -0.137. The summed E-state index contributed by atoms with van der Waals surface area (Å²) in [6, 6.07) is 5.28. The first-order chi connectivity index (χ1) is 8.91. The summed E-state index contributed by atoms with van der Waals surface area (Å²) in [6.45, 7) is 1.34. The van der Waals surface area contributed by atoms with Crippen LogP contribution >= 0.6 is 0 Å². The van der Waals surface area contributed by atoms with Crippen LogP contribution in [-0.2, 0) is 6.18 Å². The van der Waals surface area contributed by atoms with Crippen LogP contribution in [0, 0.1) is 11.3 Å². The zero-order valence-corrected chi connectivity index (χ0v) is 10.2. The van der Waals surface area contributed by atoms with Crippen LogP contribution < -0.4 is 10.6 Å². The van der Waals surface area contributed by atoms with Gasteiger partial charge in [-0.1, -0.05) is 0 Å². The van der Waals surface area contributed by atoms with E-state index in [9.17, 15) is 13.2 Å². The minimum absolute atomic E-state index is 0.0605. The molecule has 0 atom stereocenters. The second-order valence-electron chi connectivity index (χ2n) is 4.67. The topological polar surface area (TPSA) is 53.0 Å². The molecule has 2 N–H and O–H groups in total. The summed E-state index contributed by atoms with van der Waals surface area (Å²) in [4.78, 5) is 1.92. The van der Waals surface area contributed by atoms with Crippen molar-refractivity contribution in [1.82, 2.24) is 0 Å². The van der Waals surface area contributed by atoms with Crippen molar-refractivity contribution in [3.63, 3.8) is 0 Å². The second kappa shape index (κ2) is 5.10. The van der Waals surface area contributed by atoms with Gasteiger partial charge in [0.2, 0.25) is 0 Å². The molecule has 1 aromatic rings. The lowest BCUT2D eigenvalue weighted by atomic mass is 10.0. The molecular weight excluding hydrogens is 255 g/mol. The fraction of sp³-hybridized carbons (Fsp3) is 0.462. The third kappa shape index (κ3) is 2.99. The van der Waals surface area contributed by atoms with Crippen molar-refractivity contribution in [3.05, 3.63) is 29.3 Å². The maximum absolute atomic E-state index is 12.6. The van der Waals surface area contributed by atoms with Crippen LogP contribution in [0.25, 0.3) is 0 Å². The first kappa shape index (κ1) is 13.7. The van der Waals surface area contributed by atoms with Gasteiger partial charge in [0.25, 0.3) is 0 Å². The minimum atomic E-state index is -4.42. The highest BCUT2D eigenvalue weighted by molar-refractivity contribution is 5.61. The average molecular weight is 269 g/mol. The molecule has 0 aromatic heterocycles. The van der Waals surface area contributed by atoms with E-state index in [-0.39, 0.29) is 11.6 Å². The molecule has 19 heavy (non-hydrogen) atoms. The van der Waals surface area contributed by atoms with Gasteiger partial charge in [0.15, 0.2) is 0 Å². The lowest BCUT2D eigenvalue weighted by Gasteiger charge is -2.32. The van der Waals surface area contributed by atoms with Crippen molar-refractivity contribution in [3.8, 4) is 6.07 Å². The number of benzene rings is 1. The minimum Gasteiger partial charge on any atom is -0.370 e. The number of alkyl halides is 3. The SMILES string of the molecule is N#Cc1cc(C(F)(F)F)ccc1N1CCC(N)CC1. The van der Waals surface area contributed by atoms with Gasteiger partial charge >= 0.3 is 6.18 Å². The highest BCUT2D eigenvalue weighted by Gasteiger charge is 2.31. The standard InChI is InChI=1S/C13H14F3N3/c14-13(15,16)10-1-2-12(9(7-10)8-17)19-5-3-11(18)4-6-19/h1-2,7,11H,3-6,18H2. The van der Waals surface area contributed by atoms with E-state index in [1.807, 2.05) is 11.0 Å². The Morgan fingerprint density at radius 1 is 1.26 bits per heavy atom. The van der Waals surface area contributed by atoms with E-state index >= 15 is 0 Å². The molecule has 3 nitrogen and oxygen atoms in total. The molecule has 0 saturated carbocycles. The quantitative estimate of drug-likeness (QED) is 0.852. The molecule has 1 aliphatic heterocycles. The van der Waals surface area contributed by atoms with Gasteiger partial charge in [-0.05, 0) is 31.0 Å². The van der Waals surface area contributed by atoms with Gasteiger partial charge < -0.3 is 10.6 Å². The van der Waals surface area contributed by atoms with E-state index in [4.69, 9.17) is 11.0 Å². The number of hydrogen-bond donors (Lipinski definition) is 1. The van der Waals surface area contributed by atoms with Gasteiger partial charge in [-0.3, -0.25) is 0 Å². The number of halogens is 3. The summed E-state index contributed by atoms with van der Waals surface area (Å²) in [7, 11) is 0. The van der Waals surface area contributed by atoms with E-state index in [1.165, 1.54) is 6.07 Å². The number of piperidine rings is 1. The van der Waals surface area contributed by atoms with E-state index in [1.54, 1.807) is 0 Å². The van der Waals surface area contributed by atoms with Gasteiger partial charge in [0.1, 0.15) is 6.07 Å². The van der Waals surface area contributed by atoms with E-state index in [0.29, 0.717) is 18.8 Å². The number of nitriles is 1. The lowest BCUT2D eigenvalue weighted by Crippen LogP contribution is -2.40. The van der Waals surface area contributed by atoms with Crippen LogP contribution in [0.5, 0.6) is 0 Å². The van der Waals surface area contributed by atoms with Crippen molar-refractivity contribution < 1.29 is 13.2 Å². The van der Waals surface area contributed by atoms with Gasteiger partial charge in [-0.15, -0.1) is 0 Å². The zero-order chi connectivity index (χ0) is 14.0. The van der Waals surface area contributed by atoms with E-state index in [2.05, 4.69) is 0 Å². The van der Waals surface area contributed by atoms with Crippen LogP contribution in [0.4, 0.5) is 18.9 Å². The number of hydrogen-bond acceptors (Lipinski definition) is 3. The Morgan fingerprint density at radius 3 is 2.42 bits per heavy atom. The van der Waals surface area contributed by atoms with Gasteiger partial charge in [-0.2, -0.15) is 18.4 Å². The number of nitrogens with zero attached hydrogens (tertiary/aromatic N) is 2. The summed E-state index contributed by atoms with van der Waals surface area (Å²) in [5.41, 5.74) is 5.61. The van der Waals surface area contributed by atoms with Crippen molar-refractivity contribution in [2.75, 3.05) is 18.0 Å². The fourth-order valence-electron chi connectivity index (χ4n) is 2.22. The molecule has 1 heterocycles. The van der Waals surface area contributed by atoms with Gasteiger partial charge in [-0.25, -0.2) is 0 Å². The van der Waals surface area contributed by atoms with E-state index in [0.717, 1.165) is 25.0 Å². The Morgan fingerprint density at radius 2 is 1.89 bits per heavy atom. The molecule has 1 fully saturated rings. The van der Waals surface area contributed by atoms with Crippen molar-refractivity contribution in [1.29, 1.82) is 5.26 Å². The van der Waals surface area contributed by atoms with Crippen LogP contribution in [-0.4, -0.2) is 19.1 Å². The maximum atomic E-state index is 12.6. The molecule has 0 spiro atoms. The summed E-state index contributed by atoms with van der Waals surface area (Å²) in [6.07, 6.45) is -2.85. The zero-order valence-electron chi connectivity index (χ0n) is 10.2. The normalized spacial score (nSPS) is 17.3. The molecule has 6 heteroatoms. The van der Waals surface area contributed by atoms with Crippen LogP contribution in [0.3, 0.4) is 0 Å². The highest BCUT2D eigenvalue weighted by atomic mass is 19.4. The van der Waals surface area contributed by atoms with Crippen molar-refractivity contribution >= 4 is 5.69 Å². The molecule has 0 aliphatic carbocycles. The predicted molar refractivity (Wildman–Crippen MR) is 65.6 cm³/mol. The monoisotopic (exact) mass is 269 g/mol. The second-order valence-corrected chi connectivity index (χ2v) is 4.67. The smallest absolute Gasteiger partial charge is 0.370 e. The molecule has 102 valence electrons. The maximum Gasteiger partial charge on any atom is 0.416 e. The number of nitrogens with two attached hydrogens (primary N) is 1. The molecule has 1 aromatic carbocycles. The molecule has 1 aliphatic rings. The Hall–Kier alpha value is -1.74. The molecular formula is C13H14F3N3.